The van der Waals surface area contributed by atoms with Crippen LogP contribution >= 0.6 is 15.9 Å². The summed E-state index contributed by atoms with van der Waals surface area (Å²) in [6.07, 6.45) is 4.02. The van der Waals surface area contributed by atoms with Gasteiger partial charge in [0.25, 0.3) is 0 Å². The van der Waals surface area contributed by atoms with Crippen LogP contribution in [0.25, 0.3) is 0 Å². The van der Waals surface area contributed by atoms with Gasteiger partial charge in [0.05, 0.1) is 10.7 Å². The van der Waals surface area contributed by atoms with Crippen molar-refractivity contribution < 1.29 is 4.79 Å². The van der Waals surface area contributed by atoms with Crippen molar-refractivity contribution >= 4 is 21.7 Å². The van der Waals surface area contributed by atoms with Crippen LogP contribution in [-0.2, 0) is 6.54 Å². The van der Waals surface area contributed by atoms with Crippen LogP contribution < -0.4 is 5.73 Å². The molecule has 1 unspecified atom stereocenters. The minimum atomic E-state index is 0.142. The molecule has 0 aliphatic heterocycles. The molecule has 96 valence electrons. The van der Waals surface area contributed by atoms with Crippen molar-refractivity contribution in [1.29, 1.82) is 0 Å². The van der Waals surface area contributed by atoms with Crippen molar-refractivity contribution in [1.82, 2.24) is 9.78 Å². The van der Waals surface area contributed by atoms with E-state index in [2.05, 4.69) is 34.9 Å². The molecule has 1 aromatic rings. The van der Waals surface area contributed by atoms with Crippen molar-refractivity contribution in [2.75, 3.05) is 6.54 Å². The summed E-state index contributed by atoms with van der Waals surface area (Å²) in [5.41, 5.74) is 6.24. The number of nitrogens with two attached hydrogens (primary N) is 1. The Balaban J connectivity index is 2.70. The zero-order valence-electron chi connectivity index (χ0n) is 10.4. The Morgan fingerprint density at radius 2 is 2.35 bits per heavy atom. The number of carbonyl (C=O) groups excluding carboxylic acids is 1. The monoisotopic (exact) mass is 301 g/mol. The minimum Gasteiger partial charge on any atom is -0.330 e. The molecule has 1 rings (SSSR count). The molecule has 4 nitrogen and oxygen atoms in total. The Labute approximate surface area is 111 Å². The third-order valence-corrected chi connectivity index (χ3v) is 3.34. The number of nitrogens with zero attached hydrogens (tertiary/aromatic N) is 2. The number of hydrogen-bond donors (Lipinski definition) is 1. The summed E-state index contributed by atoms with van der Waals surface area (Å²) >= 11 is 3.38. The van der Waals surface area contributed by atoms with Gasteiger partial charge in [-0.3, -0.25) is 9.48 Å². The molecule has 0 bridgehead atoms. The summed E-state index contributed by atoms with van der Waals surface area (Å²) in [7, 11) is 0. The maximum atomic E-state index is 12.1. The van der Waals surface area contributed by atoms with Gasteiger partial charge < -0.3 is 5.73 Å². The fraction of sp³-hybridized carbons (Fsp3) is 0.667. The standard InChI is InChI=1S/C12H20BrN3O/c1-3-6-16-12(10(13)8-15-16)11(17)5-4-9(2)7-14/h8-9H,3-7,14H2,1-2H3. The molecule has 0 saturated carbocycles. The van der Waals surface area contributed by atoms with Gasteiger partial charge >= 0.3 is 0 Å². The highest BCUT2D eigenvalue weighted by atomic mass is 79.9. The molecule has 0 fully saturated rings. The van der Waals surface area contributed by atoms with E-state index in [9.17, 15) is 4.79 Å². The third kappa shape index (κ3) is 3.92. The highest BCUT2D eigenvalue weighted by molar-refractivity contribution is 9.10. The van der Waals surface area contributed by atoms with E-state index in [0.29, 0.717) is 24.6 Å². The zero-order chi connectivity index (χ0) is 12.8. The predicted octanol–water partition coefficient (Wildman–Crippen LogP) is 2.61. The Bertz CT molecular complexity index is 376. The van der Waals surface area contributed by atoms with Crippen LogP contribution in [0.1, 0.15) is 43.6 Å². The first-order valence-electron chi connectivity index (χ1n) is 6.04. The molecule has 0 aliphatic rings. The Morgan fingerprint density at radius 3 is 2.94 bits per heavy atom. The van der Waals surface area contributed by atoms with Gasteiger partial charge in [0, 0.05) is 13.0 Å². The second-order valence-electron chi connectivity index (χ2n) is 4.37. The molecule has 17 heavy (non-hydrogen) atoms. The Morgan fingerprint density at radius 1 is 1.65 bits per heavy atom. The highest BCUT2D eigenvalue weighted by Crippen LogP contribution is 2.19. The van der Waals surface area contributed by atoms with Crippen molar-refractivity contribution in [2.45, 2.75) is 39.7 Å². The highest BCUT2D eigenvalue weighted by Gasteiger charge is 2.17. The van der Waals surface area contributed by atoms with Gasteiger partial charge in [-0.15, -0.1) is 0 Å². The minimum absolute atomic E-state index is 0.142. The van der Waals surface area contributed by atoms with E-state index in [1.807, 2.05) is 0 Å². The molecule has 0 amide bonds. The number of halogens is 1. The molecular weight excluding hydrogens is 282 g/mol. The lowest BCUT2D eigenvalue weighted by atomic mass is 10.0. The summed E-state index contributed by atoms with van der Waals surface area (Å²) in [5, 5.41) is 4.20. The molecule has 1 atom stereocenters. The van der Waals surface area contributed by atoms with Crippen LogP contribution in [0.3, 0.4) is 0 Å². The number of hydrogen-bond acceptors (Lipinski definition) is 3. The molecule has 0 radical (unpaired) electrons. The zero-order valence-corrected chi connectivity index (χ0v) is 12.0. The van der Waals surface area contributed by atoms with Crippen LogP contribution in [0, 0.1) is 5.92 Å². The van der Waals surface area contributed by atoms with Gasteiger partial charge in [-0.25, -0.2) is 0 Å². The lowest BCUT2D eigenvalue weighted by Crippen LogP contribution is -2.15. The summed E-state index contributed by atoms with van der Waals surface area (Å²) in [4.78, 5) is 12.1. The molecule has 1 heterocycles. The first-order valence-corrected chi connectivity index (χ1v) is 6.84. The van der Waals surface area contributed by atoms with Gasteiger partial charge in [0.2, 0.25) is 0 Å². The summed E-state index contributed by atoms with van der Waals surface area (Å²) in [5.74, 6) is 0.531. The second kappa shape index (κ2) is 6.91. The van der Waals surface area contributed by atoms with E-state index in [0.717, 1.165) is 23.9 Å². The van der Waals surface area contributed by atoms with Crippen molar-refractivity contribution in [3.05, 3.63) is 16.4 Å². The van der Waals surface area contributed by atoms with Gasteiger partial charge in [-0.05, 0) is 41.2 Å². The topological polar surface area (TPSA) is 60.9 Å². The largest absolute Gasteiger partial charge is 0.330 e. The summed E-state index contributed by atoms with van der Waals surface area (Å²) in [6.45, 7) is 5.54. The average Bonchev–Trinajstić information content (AvgIpc) is 2.67. The van der Waals surface area contributed by atoms with Crippen LogP contribution in [0.4, 0.5) is 0 Å². The number of ketones is 1. The normalized spacial score (nSPS) is 12.7. The van der Waals surface area contributed by atoms with Crippen molar-refractivity contribution in [2.24, 2.45) is 11.7 Å². The lowest BCUT2D eigenvalue weighted by molar-refractivity contribution is 0.0963. The molecule has 1 aromatic heterocycles. The molecule has 0 spiro atoms. The molecule has 5 heteroatoms. The maximum Gasteiger partial charge on any atom is 0.182 e. The van der Waals surface area contributed by atoms with E-state index >= 15 is 0 Å². The molecule has 2 N–H and O–H groups in total. The van der Waals surface area contributed by atoms with Gasteiger partial charge in [0.15, 0.2) is 5.78 Å². The fourth-order valence-corrected chi connectivity index (χ4v) is 2.15. The first kappa shape index (κ1) is 14.4. The number of rotatable bonds is 7. The third-order valence-electron chi connectivity index (χ3n) is 2.76. The van der Waals surface area contributed by atoms with Crippen LogP contribution in [0.2, 0.25) is 0 Å². The van der Waals surface area contributed by atoms with Crippen molar-refractivity contribution in [3.8, 4) is 0 Å². The molecule has 0 aliphatic carbocycles. The van der Waals surface area contributed by atoms with Crippen molar-refractivity contribution in [3.63, 3.8) is 0 Å². The number of carbonyl (C=O) groups is 1. The van der Waals surface area contributed by atoms with Gasteiger partial charge in [-0.1, -0.05) is 13.8 Å². The lowest BCUT2D eigenvalue weighted by Gasteiger charge is -2.09. The van der Waals surface area contributed by atoms with Crippen LogP contribution in [0.15, 0.2) is 10.7 Å². The van der Waals surface area contributed by atoms with E-state index in [1.165, 1.54) is 0 Å². The molecule has 0 aromatic carbocycles. The quantitative estimate of drug-likeness (QED) is 0.788. The number of Topliss-reactive ketones (excluding diaryl/α,β-unsaturated/α-hetero) is 1. The molecular formula is C12H20BrN3O. The Hall–Kier alpha value is -0.680. The summed E-state index contributed by atoms with van der Waals surface area (Å²) in [6, 6.07) is 0. The fourth-order valence-electron chi connectivity index (χ4n) is 1.63. The predicted molar refractivity (Wildman–Crippen MR) is 72.0 cm³/mol. The molecule has 0 saturated heterocycles. The Kier molecular flexibility index (Phi) is 5.85. The first-order chi connectivity index (χ1) is 8.10. The van der Waals surface area contributed by atoms with E-state index in [-0.39, 0.29) is 5.78 Å². The number of aryl methyl sites for hydroxylation is 1. The number of aromatic nitrogens is 2. The van der Waals surface area contributed by atoms with E-state index in [4.69, 9.17) is 5.73 Å². The van der Waals surface area contributed by atoms with Gasteiger partial charge in [0.1, 0.15) is 5.69 Å². The SMILES string of the molecule is CCCn1ncc(Br)c1C(=O)CCC(C)CN. The van der Waals surface area contributed by atoms with Crippen LogP contribution in [-0.4, -0.2) is 22.1 Å². The second-order valence-corrected chi connectivity index (χ2v) is 5.22. The average molecular weight is 302 g/mol. The van der Waals surface area contributed by atoms with Crippen LogP contribution in [0.5, 0.6) is 0 Å². The maximum absolute atomic E-state index is 12.1. The van der Waals surface area contributed by atoms with E-state index in [1.54, 1.807) is 10.9 Å². The van der Waals surface area contributed by atoms with E-state index < -0.39 is 0 Å². The summed E-state index contributed by atoms with van der Waals surface area (Å²) < 4.78 is 2.57. The van der Waals surface area contributed by atoms with Gasteiger partial charge in [-0.2, -0.15) is 5.10 Å². The smallest absolute Gasteiger partial charge is 0.182 e.